The number of hydrogen-bond donors (Lipinski definition) is 1. The lowest BCUT2D eigenvalue weighted by Gasteiger charge is -2.23. The number of alkyl halides is 6. The van der Waals surface area contributed by atoms with Crippen LogP contribution in [0.15, 0.2) is 12.1 Å². The fourth-order valence-electron chi connectivity index (χ4n) is 2.14. The van der Waals surface area contributed by atoms with Crippen LogP contribution in [0.2, 0.25) is 0 Å². The van der Waals surface area contributed by atoms with Crippen molar-refractivity contribution in [3.63, 3.8) is 0 Å². The molecule has 1 rings (SSSR count). The predicted molar refractivity (Wildman–Crippen MR) is 69.5 cm³/mol. The van der Waals surface area contributed by atoms with Crippen LogP contribution in [0.1, 0.15) is 48.9 Å². The van der Waals surface area contributed by atoms with Crippen molar-refractivity contribution < 1.29 is 31.1 Å². The third-order valence-corrected chi connectivity index (χ3v) is 3.23. The Kier molecular flexibility index (Phi) is 5.72. The third-order valence-electron chi connectivity index (χ3n) is 3.23. The molecule has 1 aromatic carbocycles. The van der Waals surface area contributed by atoms with Crippen LogP contribution >= 0.6 is 0 Å². The van der Waals surface area contributed by atoms with E-state index in [9.17, 15) is 26.3 Å². The number of nitrogens with two attached hydrogens (primary N) is 1. The van der Waals surface area contributed by atoms with E-state index in [0.717, 1.165) is 7.11 Å². The molecule has 0 aliphatic heterocycles. The maximum absolute atomic E-state index is 13.1. The highest BCUT2D eigenvalue weighted by Gasteiger charge is 2.40. The van der Waals surface area contributed by atoms with Crippen molar-refractivity contribution in [2.75, 3.05) is 7.11 Å². The summed E-state index contributed by atoms with van der Waals surface area (Å²) in [5.41, 5.74) is 2.51. The molecular weight excluding hydrogens is 312 g/mol. The molecule has 0 bridgehead atoms. The number of hydrogen-bond acceptors (Lipinski definition) is 2. The van der Waals surface area contributed by atoms with E-state index >= 15 is 0 Å². The second-order valence-corrected chi connectivity index (χ2v) is 4.88. The van der Waals surface area contributed by atoms with Crippen molar-refractivity contribution in [1.82, 2.24) is 0 Å². The highest BCUT2D eigenvalue weighted by Crippen LogP contribution is 2.43. The minimum atomic E-state index is -4.95. The van der Waals surface area contributed by atoms with Crippen LogP contribution in [0.25, 0.3) is 0 Å². The topological polar surface area (TPSA) is 35.2 Å². The molecule has 0 saturated carbocycles. The van der Waals surface area contributed by atoms with Crippen LogP contribution in [0.4, 0.5) is 26.3 Å². The van der Waals surface area contributed by atoms with Crippen LogP contribution < -0.4 is 10.5 Å². The van der Waals surface area contributed by atoms with Gasteiger partial charge in [-0.3, -0.25) is 0 Å². The Morgan fingerprint density at radius 1 is 1.09 bits per heavy atom. The number of halogens is 6. The fraction of sp³-hybridized carbons (Fsp3) is 0.571. The zero-order chi connectivity index (χ0) is 17.1. The summed E-state index contributed by atoms with van der Waals surface area (Å²) in [6.45, 7) is 1.83. The molecule has 0 amide bonds. The van der Waals surface area contributed by atoms with E-state index in [1.807, 2.05) is 6.92 Å². The Hall–Kier alpha value is -1.44. The Bertz CT molecular complexity index is 509. The Morgan fingerprint density at radius 3 is 2.09 bits per heavy atom. The molecule has 0 aromatic heterocycles. The van der Waals surface area contributed by atoms with E-state index in [-0.39, 0.29) is 12.5 Å². The van der Waals surface area contributed by atoms with E-state index in [2.05, 4.69) is 0 Å². The molecule has 126 valence electrons. The van der Waals surface area contributed by atoms with Gasteiger partial charge in [0.2, 0.25) is 0 Å². The summed E-state index contributed by atoms with van der Waals surface area (Å²) >= 11 is 0. The molecule has 1 aromatic rings. The number of unbranched alkanes of at least 4 members (excludes halogenated alkanes) is 1. The molecule has 0 heterocycles. The molecule has 0 unspecified atom stereocenters. The van der Waals surface area contributed by atoms with Gasteiger partial charge in [-0.2, -0.15) is 26.3 Å². The summed E-state index contributed by atoms with van der Waals surface area (Å²) in [6.07, 6.45) is -8.37. The van der Waals surface area contributed by atoms with Crippen molar-refractivity contribution >= 4 is 0 Å². The highest BCUT2D eigenvalue weighted by atomic mass is 19.4. The van der Waals surface area contributed by atoms with Gasteiger partial charge in [0, 0.05) is 11.6 Å². The molecule has 0 aliphatic carbocycles. The quantitative estimate of drug-likeness (QED) is 0.778. The second-order valence-electron chi connectivity index (χ2n) is 4.88. The molecule has 2 nitrogen and oxygen atoms in total. The molecule has 0 aliphatic rings. The molecule has 2 N–H and O–H groups in total. The lowest BCUT2D eigenvalue weighted by atomic mass is 9.93. The van der Waals surface area contributed by atoms with Gasteiger partial charge in [0.1, 0.15) is 5.75 Å². The lowest BCUT2D eigenvalue weighted by molar-refractivity contribution is -0.143. The maximum Gasteiger partial charge on any atom is 0.416 e. The van der Waals surface area contributed by atoms with Gasteiger partial charge < -0.3 is 10.5 Å². The Labute approximate surface area is 124 Å². The zero-order valence-corrected chi connectivity index (χ0v) is 12.1. The van der Waals surface area contributed by atoms with Gasteiger partial charge >= 0.3 is 12.4 Å². The summed E-state index contributed by atoms with van der Waals surface area (Å²) in [5, 5.41) is 0. The summed E-state index contributed by atoms with van der Waals surface area (Å²) in [4.78, 5) is 0. The lowest BCUT2D eigenvalue weighted by Crippen LogP contribution is -2.20. The van der Waals surface area contributed by atoms with Gasteiger partial charge in [0.25, 0.3) is 0 Å². The zero-order valence-electron chi connectivity index (χ0n) is 12.1. The van der Waals surface area contributed by atoms with Crippen molar-refractivity contribution in [3.8, 4) is 5.75 Å². The summed E-state index contributed by atoms with van der Waals surface area (Å²) in [6, 6.07) is -0.408. The van der Waals surface area contributed by atoms with Crippen LogP contribution in [-0.2, 0) is 12.4 Å². The summed E-state index contributed by atoms with van der Waals surface area (Å²) in [7, 11) is 1.02. The van der Waals surface area contributed by atoms with Gasteiger partial charge in [-0.15, -0.1) is 0 Å². The van der Waals surface area contributed by atoms with E-state index in [4.69, 9.17) is 10.5 Å². The summed E-state index contributed by atoms with van der Waals surface area (Å²) in [5.74, 6) is -0.495. The van der Waals surface area contributed by atoms with Crippen molar-refractivity contribution in [1.29, 1.82) is 0 Å². The molecule has 1 atom stereocenters. The van der Waals surface area contributed by atoms with Crippen LogP contribution in [0, 0.1) is 0 Å². The number of rotatable bonds is 5. The second kappa shape index (κ2) is 6.76. The van der Waals surface area contributed by atoms with E-state index in [0.29, 0.717) is 18.9 Å². The largest absolute Gasteiger partial charge is 0.496 e. The van der Waals surface area contributed by atoms with Crippen molar-refractivity contribution in [2.45, 2.75) is 44.6 Å². The van der Waals surface area contributed by atoms with Crippen LogP contribution in [0.3, 0.4) is 0 Å². The SMILES string of the molecule is CCCC[C@H](N)c1c(OC)cc(C(F)(F)F)cc1C(F)(F)F. The van der Waals surface area contributed by atoms with Crippen molar-refractivity contribution in [2.24, 2.45) is 5.73 Å². The van der Waals surface area contributed by atoms with Crippen LogP contribution in [0.5, 0.6) is 5.75 Å². The molecule has 0 saturated heterocycles. The first kappa shape index (κ1) is 18.6. The average Bonchev–Trinajstić information content (AvgIpc) is 2.41. The average molecular weight is 329 g/mol. The van der Waals surface area contributed by atoms with E-state index in [1.54, 1.807) is 0 Å². The molecule has 8 heteroatoms. The normalized spacial score (nSPS) is 14.0. The number of methoxy groups -OCH3 is 1. The van der Waals surface area contributed by atoms with Gasteiger partial charge in [-0.25, -0.2) is 0 Å². The molecule has 0 spiro atoms. The Morgan fingerprint density at radius 2 is 1.68 bits per heavy atom. The monoisotopic (exact) mass is 329 g/mol. The van der Waals surface area contributed by atoms with Gasteiger partial charge in [0.05, 0.1) is 18.2 Å². The molecule has 22 heavy (non-hydrogen) atoms. The Balaban J connectivity index is 3.52. The molecular formula is C14H17F6NO. The standard InChI is InChI=1S/C14H17F6NO/c1-3-4-5-10(21)12-9(14(18,19)20)6-8(13(15,16)17)7-11(12)22-2/h6-7,10H,3-5,21H2,1-2H3/t10-/m0/s1. The number of ether oxygens (including phenoxy) is 1. The summed E-state index contributed by atoms with van der Waals surface area (Å²) < 4.78 is 82.4. The maximum atomic E-state index is 13.1. The van der Waals surface area contributed by atoms with Gasteiger partial charge in [-0.1, -0.05) is 19.8 Å². The first-order valence-electron chi connectivity index (χ1n) is 6.64. The number of benzene rings is 1. The smallest absolute Gasteiger partial charge is 0.416 e. The van der Waals surface area contributed by atoms with Gasteiger partial charge in [-0.05, 0) is 18.6 Å². The highest BCUT2D eigenvalue weighted by molar-refractivity contribution is 5.48. The van der Waals surface area contributed by atoms with Crippen LogP contribution in [-0.4, -0.2) is 7.11 Å². The van der Waals surface area contributed by atoms with E-state index in [1.165, 1.54) is 0 Å². The first-order valence-corrected chi connectivity index (χ1v) is 6.64. The minimum absolute atomic E-state index is 0.0870. The molecule has 0 fully saturated rings. The third kappa shape index (κ3) is 4.28. The molecule has 0 radical (unpaired) electrons. The van der Waals surface area contributed by atoms with Crippen molar-refractivity contribution in [3.05, 3.63) is 28.8 Å². The van der Waals surface area contributed by atoms with E-state index < -0.39 is 40.8 Å². The first-order chi connectivity index (χ1) is 10.0. The van der Waals surface area contributed by atoms with Gasteiger partial charge in [0.15, 0.2) is 0 Å². The predicted octanol–water partition coefficient (Wildman–Crippen LogP) is 4.92. The fourth-order valence-corrected chi connectivity index (χ4v) is 2.14. The minimum Gasteiger partial charge on any atom is -0.496 e.